The van der Waals surface area contributed by atoms with Crippen LogP contribution >= 0.6 is 23.2 Å². The first-order valence-corrected chi connectivity index (χ1v) is 5.15. The molecule has 0 unspecified atom stereocenters. The van der Waals surface area contributed by atoms with Gasteiger partial charge in [-0.3, -0.25) is 0 Å². The topological polar surface area (TPSA) is 26.0 Å². The van der Waals surface area contributed by atoms with Gasteiger partial charge < -0.3 is 5.73 Å². The van der Waals surface area contributed by atoms with Gasteiger partial charge in [0.15, 0.2) is 0 Å². The van der Waals surface area contributed by atoms with Gasteiger partial charge in [0.05, 0.1) is 10.0 Å². The average molecular weight is 216 g/mol. The molecule has 1 aromatic carbocycles. The van der Waals surface area contributed by atoms with E-state index in [0.717, 1.165) is 5.56 Å². The van der Waals surface area contributed by atoms with Gasteiger partial charge in [0.25, 0.3) is 0 Å². The van der Waals surface area contributed by atoms with Gasteiger partial charge in [-0.05, 0) is 30.4 Å². The Morgan fingerprint density at radius 2 is 2.00 bits per heavy atom. The molecule has 0 heterocycles. The first-order chi connectivity index (χ1) is 6.20. The van der Waals surface area contributed by atoms with Crippen molar-refractivity contribution in [2.75, 3.05) is 0 Å². The number of nitrogens with two attached hydrogens (primary N) is 1. The van der Waals surface area contributed by atoms with Crippen LogP contribution in [0, 0.1) is 5.92 Å². The standard InChI is InChI=1S/C10H11Cl2N/c11-8-3-1-2-7(9(8)12)10(13)6-4-5-6/h1-3,6,10H,4-5,13H2/t10-/m0/s1. The molecule has 70 valence electrons. The highest BCUT2D eigenvalue weighted by molar-refractivity contribution is 6.42. The van der Waals surface area contributed by atoms with Crippen molar-refractivity contribution in [2.45, 2.75) is 18.9 Å². The lowest BCUT2D eigenvalue weighted by molar-refractivity contribution is 0.634. The van der Waals surface area contributed by atoms with Gasteiger partial charge >= 0.3 is 0 Å². The van der Waals surface area contributed by atoms with Crippen LogP contribution in [0.2, 0.25) is 10.0 Å². The second-order valence-electron chi connectivity index (χ2n) is 3.51. The quantitative estimate of drug-likeness (QED) is 0.805. The number of benzene rings is 1. The van der Waals surface area contributed by atoms with Crippen LogP contribution in [-0.4, -0.2) is 0 Å². The van der Waals surface area contributed by atoms with Crippen LogP contribution in [0.25, 0.3) is 0 Å². The summed E-state index contributed by atoms with van der Waals surface area (Å²) in [4.78, 5) is 0. The summed E-state index contributed by atoms with van der Waals surface area (Å²) in [5, 5.41) is 1.21. The van der Waals surface area contributed by atoms with Gasteiger partial charge in [0, 0.05) is 6.04 Å². The Morgan fingerprint density at radius 3 is 2.62 bits per heavy atom. The Kier molecular flexibility index (Phi) is 2.50. The molecule has 2 rings (SSSR count). The Hall–Kier alpha value is -0.240. The predicted molar refractivity (Wildman–Crippen MR) is 56.1 cm³/mol. The lowest BCUT2D eigenvalue weighted by Crippen LogP contribution is -2.12. The fourth-order valence-corrected chi connectivity index (χ4v) is 1.92. The third-order valence-electron chi connectivity index (χ3n) is 2.47. The summed E-state index contributed by atoms with van der Waals surface area (Å²) in [6, 6.07) is 5.70. The summed E-state index contributed by atoms with van der Waals surface area (Å²) in [7, 11) is 0. The van der Waals surface area contributed by atoms with Gasteiger partial charge in [-0.1, -0.05) is 35.3 Å². The number of hydrogen-bond acceptors (Lipinski definition) is 1. The van der Waals surface area contributed by atoms with Crippen LogP contribution < -0.4 is 5.73 Å². The zero-order valence-electron chi connectivity index (χ0n) is 7.13. The second kappa shape index (κ2) is 3.49. The van der Waals surface area contributed by atoms with Crippen molar-refractivity contribution in [3.05, 3.63) is 33.8 Å². The highest BCUT2D eigenvalue weighted by Gasteiger charge is 2.30. The molecule has 1 aromatic rings. The summed E-state index contributed by atoms with van der Waals surface area (Å²) < 4.78 is 0. The van der Waals surface area contributed by atoms with E-state index in [0.29, 0.717) is 16.0 Å². The minimum absolute atomic E-state index is 0.0613. The van der Waals surface area contributed by atoms with E-state index in [1.165, 1.54) is 12.8 Å². The van der Waals surface area contributed by atoms with Crippen LogP contribution in [0.15, 0.2) is 18.2 Å². The maximum atomic E-state index is 6.05. The maximum Gasteiger partial charge on any atom is 0.0640 e. The van der Waals surface area contributed by atoms with Gasteiger partial charge in [-0.2, -0.15) is 0 Å². The van der Waals surface area contributed by atoms with Crippen LogP contribution in [0.4, 0.5) is 0 Å². The van der Waals surface area contributed by atoms with E-state index in [-0.39, 0.29) is 6.04 Å². The van der Waals surface area contributed by atoms with Gasteiger partial charge in [0.2, 0.25) is 0 Å². The van der Waals surface area contributed by atoms with E-state index in [4.69, 9.17) is 28.9 Å². The SMILES string of the molecule is N[C@H](c1cccc(Cl)c1Cl)C1CC1. The molecule has 0 amide bonds. The molecule has 1 aliphatic rings. The van der Waals surface area contributed by atoms with Crippen LogP contribution in [-0.2, 0) is 0 Å². The van der Waals surface area contributed by atoms with E-state index >= 15 is 0 Å². The van der Waals surface area contributed by atoms with Gasteiger partial charge in [-0.15, -0.1) is 0 Å². The molecule has 0 aliphatic heterocycles. The van der Waals surface area contributed by atoms with Crippen molar-refractivity contribution in [2.24, 2.45) is 11.7 Å². The largest absolute Gasteiger partial charge is 0.324 e. The van der Waals surface area contributed by atoms with Crippen molar-refractivity contribution in [3.8, 4) is 0 Å². The molecule has 1 atom stereocenters. The monoisotopic (exact) mass is 215 g/mol. The van der Waals surface area contributed by atoms with Crippen LogP contribution in [0.5, 0.6) is 0 Å². The molecule has 1 saturated carbocycles. The number of rotatable bonds is 2. The Balaban J connectivity index is 2.32. The number of hydrogen-bond donors (Lipinski definition) is 1. The summed E-state index contributed by atoms with van der Waals surface area (Å²) in [6.45, 7) is 0. The Morgan fingerprint density at radius 1 is 1.31 bits per heavy atom. The van der Waals surface area contributed by atoms with E-state index in [1.54, 1.807) is 6.07 Å². The summed E-state index contributed by atoms with van der Waals surface area (Å²) in [5.41, 5.74) is 7.01. The molecular formula is C10H11Cl2N. The zero-order valence-corrected chi connectivity index (χ0v) is 8.65. The molecule has 0 aromatic heterocycles. The van der Waals surface area contributed by atoms with Crippen molar-refractivity contribution < 1.29 is 0 Å². The van der Waals surface area contributed by atoms with Crippen LogP contribution in [0.1, 0.15) is 24.4 Å². The minimum atomic E-state index is 0.0613. The van der Waals surface area contributed by atoms with Crippen molar-refractivity contribution in [1.29, 1.82) is 0 Å². The first-order valence-electron chi connectivity index (χ1n) is 4.39. The highest BCUT2D eigenvalue weighted by Crippen LogP contribution is 2.42. The van der Waals surface area contributed by atoms with E-state index in [2.05, 4.69) is 0 Å². The molecule has 1 nitrogen and oxygen atoms in total. The molecule has 3 heteroatoms. The highest BCUT2D eigenvalue weighted by atomic mass is 35.5. The van der Waals surface area contributed by atoms with Gasteiger partial charge in [-0.25, -0.2) is 0 Å². The minimum Gasteiger partial charge on any atom is -0.324 e. The lowest BCUT2D eigenvalue weighted by atomic mass is 10.0. The molecule has 1 aliphatic carbocycles. The summed E-state index contributed by atoms with van der Waals surface area (Å²) in [5.74, 6) is 0.607. The lowest BCUT2D eigenvalue weighted by Gasteiger charge is -2.12. The van der Waals surface area contributed by atoms with Gasteiger partial charge in [0.1, 0.15) is 0 Å². The summed E-state index contributed by atoms with van der Waals surface area (Å²) >= 11 is 11.9. The van der Waals surface area contributed by atoms with E-state index in [1.807, 2.05) is 12.1 Å². The Labute approximate surface area is 87.8 Å². The third kappa shape index (κ3) is 1.83. The molecular weight excluding hydrogens is 205 g/mol. The molecule has 13 heavy (non-hydrogen) atoms. The van der Waals surface area contributed by atoms with E-state index < -0.39 is 0 Å². The molecule has 0 saturated heterocycles. The normalized spacial score (nSPS) is 18.7. The third-order valence-corrected chi connectivity index (χ3v) is 3.30. The molecule has 0 bridgehead atoms. The summed E-state index contributed by atoms with van der Waals surface area (Å²) in [6.07, 6.45) is 2.42. The smallest absolute Gasteiger partial charge is 0.0640 e. The first kappa shape index (κ1) is 9.32. The molecule has 2 N–H and O–H groups in total. The van der Waals surface area contributed by atoms with Crippen LogP contribution in [0.3, 0.4) is 0 Å². The predicted octanol–water partition coefficient (Wildman–Crippen LogP) is 3.40. The van der Waals surface area contributed by atoms with E-state index in [9.17, 15) is 0 Å². The molecule has 0 radical (unpaired) electrons. The van der Waals surface area contributed by atoms with Crippen molar-refractivity contribution in [3.63, 3.8) is 0 Å². The number of halogens is 2. The average Bonchev–Trinajstić information content (AvgIpc) is 2.91. The molecule has 1 fully saturated rings. The maximum absolute atomic E-state index is 6.05. The molecule has 0 spiro atoms. The Bertz CT molecular complexity index is 321. The van der Waals surface area contributed by atoms with Crippen molar-refractivity contribution >= 4 is 23.2 Å². The van der Waals surface area contributed by atoms with Crippen molar-refractivity contribution in [1.82, 2.24) is 0 Å². The fraction of sp³-hybridized carbons (Fsp3) is 0.400. The zero-order chi connectivity index (χ0) is 9.42. The fourth-order valence-electron chi connectivity index (χ4n) is 1.49. The second-order valence-corrected chi connectivity index (χ2v) is 4.29.